The monoisotopic (exact) mass is 362 g/mol. The van der Waals surface area contributed by atoms with E-state index in [1.807, 2.05) is 4.68 Å². The molecule has 1 saturated heterocycles. The Morgan fingerprint density at radius 1 is 1.22 bits per heavy atom. The van der Waals surface area contributed by atoms with Gasteiger partial charge in [0.2, 0.25) is 0 Å². The van der Waals surface area contributed by atoms with Gasteiger partial charge in [-0.15, -0.1) is 6.58 Å². The SMILES string of the molecule is C=CC1CCC(Cc2cccc3c(N4CCC(=C)NC4=C)nn(C)c23)CC1. The van der Waals surface area contributed by atoms with Crippen LogP contribution in [0.5, 0.6) is 0 Å². The number of rotatable bonds is 4. The van der Waals surface area contributed by atoms with Gasteiger partial charge in [-0.25, -0.2) is 0 Å². The molecule has 2 aromatic rings. The van der Waals surface area contributed by atoms with Crippen molar-refractivity contribution in [1.29, 1.82) is 0 Å². The fraction of sp³-hybridized carbons (Fsp3) is 0.435. The normalized spacial score (nSPS) is 23.5. The van der Waals surface area contributed by atoms with Crippen molar-refractivity contribution < 1.29 is 0 Å². The second kappa shape index (κ2) is 7.26. The van der Waals surface area contributed by atoms with E-state index in [9.17, 15) is 0 Å². The van der Waals surface area contributed by atoms with Gasteiger partial charge in [0.05, 0.1) is 5.52 Å². The molecule has 0 amide bonds. The van der Waals surface area contributed by atoms with Crippen LogP contribution < -0.4 is 10.2 Å². The molecule has 1 aliphatic heterocycles. The molecule has 1 aliphatic carbocycles. The Morgan fingerprint density at radius 3 is 2.70 bits per heavy atom. The maximum Gasteiger partial charge on any atom is 0.164 e. The van der Waals surface area contributed by atoms with Crippen LogP contribution in [-0.2, 0) is 13.5 Å². The van der Waals surface area contributed by atoms with Crippen LogP contribution in [0.1, 0.15) is 37.7 Å². The number of aromatic nitrogens is 2. The maximum atomic E-state index is 4.87. The van der Waals surface area contributed by atoms with Gasteiger partial charge in [-0.3, -0.25) is 4.68 Å². The summed E-state index contributed by atoms with van der Waals surface area (Å²) >= 11 is 0. The highest BCUT2D eigenvalue weighted by molar-refractivity contribution is 5.93. The van der Waals surface area contributed by atoms with E-state index in [0.717, 1.165) is 42.6 Å². The third-order valence-electron chi connectivity index (χ3n) is 6.20. The van der Waals surface area contributed by atoms with Crippen molar-refractivity contribution in [2.24, 2.45) is 18.9 Å². The lowest BCUT2D eigenvalue weighted by Gasteiger charge is -2.31. The number of nitrogens with one attached hydrogen (secondary N) is 1. The minimum Gasteiger partial charge on any atom is -0.346 e. The lowest BCUT2D eigenvalue weighted by molar-refractivity contribution is 0.309. The van der Waals surface area contributed by atoms with E-state index in [4.69, 9.17) is 5.10 Å². The molecular weight excluding hydrogens is 332 g/mol. The Hall–Kier alpha value is -2.49. The van der Waals surface area contributed by atoms with Crippen LogP contribution in [0.4, 0.5) is 5.82 Å². The largest absolute Gasteiger partial charge is 0.346 e. The predicted octanol–water partition coefficient (Wildman–Crippen LogP) is 4.89. The van der Waals surface area contributed by atoms with E-state index in [0.29, 0.717) is 5.92 Å². The molecule has 2 heterocycles. The maximum absolute atomic E-state index is 4.87. The van der Waals surface area contributed by atoms with Crippen LogP contribution in [-0.4, -0.2) is 16.3 Å². The van der Waals surface area contributed by atoms with Crippen molar-refractivity contribution >= 4 is 16.7 Å². The summed E-state index contributed by atoms with van der Waals surface area (Å²) in [6.07, 6.45) is 9.34. The lowest BCUT2D eigenvalue weighted by atomic mass is 9.79. The van der Waals surface area contributed by atoms with Gasteiger partial charge in [0.15, 0.2) is 5.82 Å². The molecule has 4 heteroatoms. The molecule has 2 fully saturated rings. The Balaban J connectivity index is 1.62. The number of aryl methyl sites for hydroxylation is 1. The number of hydrogen-bond donors (Lipinski definition) is 1. The van der Waals surface area contributed by atoms with Crippen molar-refractivity contribution in [3.05, 3.63) is 61.1 Å². The topological polar surface area (TPSA) is 33.1 Å². The van der Waals surface area contributed by atoms with E-state index in [1.165, 1.54) is 42.1 Å². The Bertz CT molecular complexity index is 883. The number of para-hydroxylation sites is 1. The first-order chi connectivity index (χ1) is 13.1. The Kier molecular flexibility index (Phi) is 4.81. The van der Waals surface area contributed by atoms with E-state index in [1.54, 1.807) is 0 Å². The first-order valence-electron chi connectivity index (χ1n) is 10.0. The number of nitrogens with zero attached hydrogens (tertiary/aromatic N) is 3. The highest BCUT2D eigenvalue weighted by atomic mass is 15.4. The Morgan fingerprint density at radius 2 is 2.00 bits per heavy atom. The first-order valence-corrected chi connectivity index (χ1v) is 10.0. The van der Waals surface area contributed by atoms with Crippen molar-refractivity contribution in [2.75, 3.05) is 11.4 Å². The molecule has 142 valence electrons. The van der Waals surface area contributed by atoms with Crippen molar-refractivity contribution in [1.82, 2.24) is 15.1 Å². The second-order valence-corrected chi connectivity index (χ2v) is 8.06. The zero-order valence-electron chi connectivity index (χ0n) is 16.4. The average molecular weight is 363 g/mol. The van der Waals surface area contributed by atoms with Gasteiger partial charge >= 0.3 is 0 Å². The molecule has 2 aliphatic rings. The minimum atomic E-state index is 0.715. The van der Waals surface area contributed by atoms with Crippen molar-refractivity contribution in [3.8, 4) is 0 Å². The minimum absolute atomic E-state index is 0.715. The van der Waals surface area contributed by atoms with Gasteiger partial charge in [0.25, 0.3) is 0 Å². The molecule has 4 rings (SSSR count). The third-order valence-corrected chi connectivity index (χ3v) is 6.20. The molecule has 1 aromatic heterocycles. The van der Waals surface area contributed by atoms with Crippen LogP contribution in [0.2, 0.25) is 0 Å². The summed E-state index contributed by atoms with van der Waals surface area (Å²) in [6.45, 7) is 13.0. The van der Waals surface area contributed by atoms with Crippen molar-refractivity contribution in [2.45, 2.75) is 38.5 Å². The number of allylic oxidation sites excluding steroid dienone is 1. The van der Waals surface area contributed by atoms with Gasteiger partial charge in [-0.2, -0.15) is 5.10 Å². The molecule has 27 heavy (non-hydrogen) atoms. The summed E-state index contributed by atoms with van der Waals surface area (Å²) in [5.74, 6) is 3.34. The van der Waals surface area contributed by atoms with Gasteiger partial charge < -0.3 is 10.2 Å². The average Bonchev–Trinajstić information content (AvgIpc) is 3.00. The molecule has 0 radical (unpaired) electrons. The zero-order valence-corrected chi connectivity index (χ0v) is 16.4. The smallest absolute Gasteiger partial charge is 0.164 e. The van der Waals surface area contributed by atoms with Gasteiger partial charge in [0, 0.05) is 31.1 Å². The predicted molar refractivity (Wildman–Crippen MR) is 113 cm³/mol. The molecule has 4 nitrogen and oxygen atoms in total. The number of fused-ring (bicyclic) bond motifs is 1. The van der Waals surface area contributed by atoms with E-state index >= 15 is 0 Å². The van der Waals surface area contributed by atoms with Gasteiger partial charge in [0.1, 0.15) is 5.82 Å². The summed E-state index contributed by atoms with van der Waals surface area (Å²) in [5, 5.41) is 9.35. The van der Waals surface area contributed by atoms with Crippen molar-refractivity contribution in [3.63, 3.8) is 0 Å². The standard InChI is InChI=1S/C23H30N4/c1-5-18-9-11-19(12-10-18)15-20-7-6-8-21-22(20)26(4)25-23(21)27-14-13-16(2)24-17(27)3/h5-8,18-19,24H,1-3,9-15H2,4H3. The van der Waals surface area contributed by atoms with Gasteiger partial charge in [-0.1, -0.05) is 31.4 Å². The van der Waals surface area contributed by atoms with E-state index < -0.39 is 0 Å². The second-order valence-electron chi connectivity index (χ2n) is 8.06. The lowest BCUT2D eigenvalue weighted by Crippen LogP contribution is -2.37. The fourth-order valence-corrected chi connectivity index (χ4v) is 4.65. The highest BCUT2D eigenvalue weighted by Crippen LogP contribution is 2.35. The quantitative estimate of drug-likeness (QED) is 0.786. The van der Waals surface area contributed by atoms with Crippen LogP contribution in [0, 0.1) is 11.8 Å². The summed E-state index contributed by atoms with van der Waals surface area (Å²) < 4.78 is 2.05. The first kappa shape index (κ1) is 17.9. The summed E-state index contributed by atoms with van der Waals surface area (Å²) in [4.78, 5) is 2.18. The summed E-state index contributed by atoms with van der Waals surface area (Å²) in [7, 11) is 2.06. The molecule has 1 aromatic carbocycles. The number of hydrogen-bond acceptors (Lipinski definition) is 3. The molecule has 0 spiro atoms. The summed E-state index contributed by atoms with van der Waals surface area (Å²) in [6, 6.07) is 6.64. The zero-order chi connectivity index (χ0) is 19.0. The number of benzene rings is 1. The van der Waals surface area contributed by atoms with Crippen LogP contribution in [0.25, 0.3) is 10.9 Å². The molecule has 0 unspecified atom stereocenters. The number of anilines is 1. The van der Waals surface area contributed by atoms with E-state index in [-0.39, 0.29) is 0 Å². The highest BCUT2D eigenvalue weighted by Gasteiger charge is 2.24. The van der Waals surface area contributed by atoms with Crippen LogP contribution >= 0.6 is 0 Å². The fourth-order valence-electron chi connectivity index (χ4n) is 4.65. The van der Waals surface area contributed by atoms with Gasteiger partial charge in [-0.05, 0) is 55.6 Å². The Labute approximate surface area is 162 Å². The molecule has 1 saturated carbocycles. The third kappa shape index (κ3) is 3.41. The molecule has 1 N–H and O–H groups in total. The molecule has 0 bridgehead atoms. The van der Waals surface area contributed by atoms with Crippen LogP contribution in [0.15, 0.2) is 55.5 Å². The van der Waals surface area contributed by atoms with E-state index in [2.05, 4.69) is 61.3 Å². The molecular formula is C23H30N4. The molecule has 0 atom stereocenters. The summed E-state index contributed by atoms with van der Waals surface area (Å²) in [5.41, 5.74) is 3.69. The van der Waals surface area contributed by atoms with Crippen LogP contribution in [0.3, 0.4) is 0 Å².